The van der Waals surface area contributed by atoms with Crippen molar-refractivity contribution in [3.05, 3.63) is 41.0 Å². The molecule has 0 spiro atoms. The summed E-state index contributed by atoms with van der Waals surface area (Å²) in [5.74, 6) is -0.00567. The minimum Gasteiger partial charge on any atom is -0.362 e. The van der Waals surface area contributed by atoms with Crippen molar-refractivity contribution in [2.75, 3.05) is 5.32 Å². The topological polar surface area (TPSA) is 32.3 Å². The van der Waals surface area contributed by atoms with Gasteiger partial charge in [0.05, 0.1) is 5.56 Å². The van der Waals surface area contributed by atoms with Crippen LogP contribution >= 0.6 is 0 Å². The zero-order chi connectivity index (χ0) is 18.2. The molecule has 1 atom stereocenters. The Morgan fingerprint density at radius 3 is 2.44 bits per heavy atom. The van der Waals surface area contributed by atoms with E-state index in [0.717, 1.165) is 43.4 Å². The molecule has 0 aromatic heterocycles. The number of carbonyl (C=O) groups is 1. The summed E-state index contributed by atoms with van der Waals surface area (Å²) in [7, 11) is 0. The molecular weight excluding hydrogens is 329 g/mol. The molecule has 1 saturated carbocycles. The predicted molar refractivity (Wildman–Crippen MR) is 90.9 cm³/mol. The number of nitrogens with one attached hydrogen (secondary N) is 1. The van der Waals surface area contributed by atoms with Crippen molar-refractivity contribution in [3.8, 4) is 0 Å². The lowest BCUT2D eigenvalue weighted by Gasteiger charge is -2.37. The Morgan fingerprint density at radius 2 is 1.80 bits per heavy atom. The van der Waals surface area contributed by atoms with E-state index in [9.17, 15) is 18.0 Å². The highest BCUT2D eigenvalue weighted by Gasteiger charge is 2.39. The molecule has 136 valence electrons. The highest BCUT2D eigenvalue weighted by molar-refractivity contribution is 5.97. The van der Waals surface area contributed by atoms with Gasteiger partial charge in [0.1, 0.15) is 6.17 Å². The Kier molecular flexibility index (Phi) is 4.80. The lowest BCUT2D eigenvalue weighted by Crippen LogP contribution is -2.48. The number of anilines is 1. The number of rotatable bonds is 3. The number of hydrogen-bond donors (Lipinski definition) is 1. The maximum atomic E-state index is 12.9. The number of benzene rings is 1. The Bertz CT molecular complexity index is 690. The molecule has 3 nitrogen and oxygen atoms in total. The van der Waals surface area contributed by atoms with Gasteiger partial charge in [-0.1, -0.05) is 25.3 Å². The molecule has 0 bridgehead atoms. The van der Waals surface area contributed by atoms with Crippen LogP contribution in [0.2, 0.25) is 0 Å². The average Bonchev–Trinajstić information content (AvgIpc) is 2.79. The summed E-state index contributed by atoms with van der Waals surface area (Å²) in [6, 6.07) is 5.30. The van der Waals surface area contributed by atoms with Crippen LogP contribution < -0.4 is 5.32 Å². The van der Waals surface area contributed by atoms with E-state index >= 15 is 0 Å². The molecular formula is C19H23F3N2O. The lowest BCUT2D eigenvalue weighted by molar-refractivity contribution is -0.137. The van der Waals surface area contributed by atoms with Crippen LogP contribution in [0.5, 0.6) is 0 Å². The molecule has 1 aromatic carbocycles. The van der Waals surface area contributed by atoms with Gasteiger partial charge in [-0.25, -0.2) is 0 Å². The van der Waals surface area contributed by atoms with E-state index in [-0.39, 0.29) is 18.1 Å². The molecule has 1 unspecified atom stereocenters. The van der Waals surface area contributed by atoms with Crippen molar-refractivity contribution in [2.24, 2.45) is 0 Å². The highest BCUT2D eigenvalue weighted by Crippen LogP contribution is 2.35. The maximum Gasteiger partial charge on any atom is 0.416 e. The molecule has 0 saturated heterocycles. The largest absolute Gasteiger partial charge is 0.416 e. The van der Waals surface area contributed by atoms with Crippen LogP contribution in [-0.2, 0) is 11.0 Å². The first-order valence-electron chi connectivity index (χ1n) is 8.73. The molecule has 1 aromatic rings. The van der Waals surface area contributed by atoms with Crippen LogP contribution in [0.15, 0.2) is 35.4 Å². The number of halogens is 3. The van der Waals surface area contributed by atoms with E-state index in [1.807, 2.05) is 11.8 Å². The van der Waals surface area contributed by atoms with Gasteiger partial charge < -0.3 is 10.2 Å². The van der Waals surface area contributed by atoms with E-state index < -0.39 is 11.7 Å². The molecule has 1 heterocycles. The van der Waals surface area contributed by atoms with Crippen LogP contribution in [-0.4, -0.2) is 23.0 Å². The summed E-state index contributed by atoms with van der Waals surface area (Å²) in [6.07, 6.45) is 0.494. The molecule has 1 aliphatic heterocycles. The zero-order valence-electron chi connectivity index (χ0n) is 14.5. The van der Waals surface area contributed by atoms with Gasteiger partial charge in [-0.15, -0.1) is 0 Å². The van der Waals surface area contributed by atoms with E-state index in [2.05, 4.69) is 5.32 Å². The third kappa shape index (κ3) is 3.53. The smallest absolute Gasteiger partial charge is 0.362 e. The Labute approximate surface area is 145 Å². The second kappa shape index (κ2) is 6.73. The van der Waals surface area contributed by atoms with Crippen molar-refractivity contribution in [1.29, 1.82) is 0 Å². The summed E-state index contributed by atoms with van der Waals surface area (Å²) in [6.45, 7) is 3.67. The second-order valence-corrected chi connectivity index (χ2v) is 6.94. The number of alkyl halides is 3. The summed E-state index contributed by atoms with van der Waals surface area (Å²) in [4.78, 5) is 14.5. The van der Waals surface area contributed by atoms with Gasteiger partial charge in [-0.05, 0) is 50.5 Å². The van der Waals surface area contributed by atoms with Gasteiger partial charge in [0.15, 0.2) is 0 Å². The molecule has 1 N–H and O–H groups in total. The van der Waals surface area contributed by atoms with Crippen LogP contribution in [0.3, 0.4) is 0 Å². The van der Waals surface area contributed by atoms with E-state index in [4.69, 9.17) is 0 Å². The van der Waals surface area contributed by atoms with Crippen molar-refractivity contribution in [3.63, 3.8) is 0 Å². The van der Waals surface area contributed by atoms with Gasteiger partial charge in [0.2, 0.25) is 0 Å². The minimum absolute atomic E-state index is 0.00567. The summed E-state index contributed by atoms with van der Waals surface area (Å²) >= 11 is 0. The summed E-state index contributed by atoms with van der Waals surface area (Å²) in [5.41, 5.74) is 1.26. The third-order valence-electron chi connectivity index (χ3n) is 5.30. The van der Waals surface area contributed by atoms with E-state index in [0.29, 0.717) is 11.3 Å². The van der Waals surface area contributed by atoms with Crippen LogP contribution in [0.4, 0.5) is 18.9 Å². The maximum absolute atomic E-state index is 12.9. The third-order valence-corrected chi connectivity index (χ3v) is 5.30. The monoisotopic (exact) mass is 352 g/mol. The first kappa shape index (κ1) is 17.8. The number of carbonyl (C=O) groups excluding carboxylic acids is 1. The lowest BCUT2D eigenvalue weighted by atomic mass is 9.94. The van der Waals surface area contributed by atoms with Gasteiger partial charge in [-0.2, -0.15) is 13.2 Å². The van der Waals surface area contributed by atoms with Crippen molar-refractivity contribution >= 4 is 11.6 Å². The fourth-order valence-electron chi connectivity index (χ4n) is 3.75. The molecule has 6 heteroatoms. The molecule has 1 fully saturated rings. The van der Waals surface area contributed by atoms with Gasteiger partial charge in [0, 0.05) is 17.3 Å². The average molecular weight is 352 g/mol. The summed E-state index contributed by atoms with van der Waals surface area (Å²) < 4.78 is 38.8. The van der Waals surface area contributed by atoms with Crippen LogP contribution in [0.1, 0.15) is 51.5 Å². The predicted octanol–water partition coefficient (Wildman–Crippen LogP) is 4.95. The molecule has 0 radical (unpaired) electrons. The SMILES string of the molecule is CC1=C(C)C(Nc2cccc(C(F)(F)F)c2)N(C2CCCCC2)C1=O. The second-order valence-electron chi connectivity index (χ2n) is 6.94. The zero-order valence-corrected chi connectivity index (χ0v) is 14.5. The van der Waals surface area contributed by atoms with Crippen molar-refractivity contribution < 1.29 is 18.0 Å². The number of amides is 1. The van der Waals surface area contributed by atoms with Gasteiger partial charge in [0.25, 0.3) is 5.91 Å². The number of hydrogen-bond acceptors (Lipinski definition) is 2. The first-order chi connectivity index (χ1) is 11.8. The Morgan fingerprint density at radius 1 is 1.12 bits per heavy atom. The molecule has 3 rings (SSSR count). The van der Waals surface area contributed by atoms with E-state index in [1.54, 1.807) is 13.0 Å². The number of nitrogens with zero attached hydrogens (tertiary/aromatic N) is 1. The molecule has 1 aliphatic carbocycles. The molecule has 25 heavy (non-hydrogen) atoms. The first-order valence-corrected chi connectivity index (χ1v) is 8.73. The van der Waals surface area contributed by atoms with Crippen LogP contribution in [0.25, 0.3) is 0 Å². The van der Waals surface area contributed by atoms with E-state index in [1.165, 1.54) is 12.5 Å². The fraction of sp³-hybridized carbons (Fsp3) is 0.526. The van der Waals surface area contributed by atoms with Gasteiger partial charge >= 0.3 is 6.18 Å². The molecule has 2 aliphatic rings. The van der Waals surface area contributed by atoms with Crippen LogP contribution in [0, 0.1) is 0 Å². The highest BCUT2D eigenvalue weighted by atomic mass is 19.4. The van der Waals surface area contributed by atoms with Gasteiger partial charge in [-0.3, -0.25) is 4.79 Å². The minimum atomic E-state index is -4.38. The van der Waals surface area contributed by atoms with Crippen molar-refractivity contribution in [1.82, 2.24) is 4.90 Å². The quantitative estimate of drug-likeness (QED) is 0.834. The summed E-state index contributed by atoms with van der Waals surface area (Å²) in [5, 5.41) is 3.16. The van der Waals surface area contributed by atoms with Crippen molar-refractivity contribution in [2.45, 2.75) is 64.3 Å². The Balaban J connectivity index is 1.87. The fourth-order valence-corrected chi connectivity index (χ4v) is 3.75. The Hall–Kier alpha value is -1.98. The molecule has 1 amide bonds. The normalized spacial score (nSPS) is 22.7. The standard InChI is InChI=1S/C19H23F3N2O/c1-12-13(2)18(25)24(16-9-4-3-5-10-16)17(12)23-15-8-6-7-14(11-15)19(20,21)22/h6-8,11,16-17,23H,3-5,9-10H2,1-2H3.